The molecule has 1 saturated carbocycles. The number of nitrogens with one attached hydrogen (secondary N) is 1. The van der Waals surface area contributed by atoms with Crippen LogP contribution in [0.2, 0.25) is 5.02 Å². The van der Waals surface area contributed by atoms with E-state index in [0.717, 1.165) is 12.8 Å². The Morgan fingerprint density at radius 1 is 1.36 bits per heavy atom. The fourth-order valence-corrected chi connectivity index (χ4v) is 3.98. The number of aliphatic hydroxyl groups excluding tert-OH is 1. The van der Waals surface area contributed by atoms with Gasteiger partial charge in [-0.1, -0.05) is 44.7 Å². The molecule has 1 heterocycles. The van der Waals surface area contributed by atoms with Crippen LogP contribution in [-0.4, -0.2) is 15.3 Å². The fourth-order valence-electron chi connectivity index (χ4n) is 3.76. The van der Waals surface area contributed by atoms with Crippen molar-refractivity contribution < 1.29 is 9.50 Å². The number of hydrogen-bond donors (Lipinski definition) is 2. The standard InChI is InChI=1S/C17H22ClFN2O/c1-17(2,10-6-4-3-5-7-10)16(22)11-8-13(18)14(19)12-9-20-21-15(11)12/h8-10,16,22H,3-7H2,1-2H3,(H,20,21). The van der Waals surface area contributed by atoms with E-state index in [1.165, 1.54) is 31.5 Å². The molecular weight excluding hydrogens is 303 g/mol. The van der Waals surface area contributed by atoms with Gasteiger partial charge in [0.2, 0.25) is 0 Å². The number of hydrogen-bond acceptors (Lipinski definition) is 2. The average Bonchev–Trinajstić information content (AvgIpc) is 3.01. The smallest absolute Gasteiger partial charge is 0.152 e. The summed E-state index contributed by atoms with van der Waals surface area (Å²) >= 11 is 6.00. The van der Waals surface area contributed by atoms with Gasteiger partial charge < -0.3 is 5.11 Å². The largest absolute Gasteiger partial charge is 0.388 e. The number of nitrogens with zero attached hydrogens (tertiary/aromatic N) is 1. The van der Waals surface area contributed by atoms with Crippen molar-refractivity contribution in [3.63, 3.8) is 0 Å². The van der Waals surface area contributed by atoms with E-state index in [2.05, 4.69) is 24.0 Å². The first-order valence-electron chi connectivity index (χ1n) is 7.92. The van der Waals surface area contributed by atoms with Gasteiger partial charge in [0.15, 0.2) is 5.82 Å². The average molecular weight is 325 g/mol. The van der Waals surface area contributed by atoms with Crippen LogP contribution in [0.1, 0.15) is 57.6 Å². The van der Waals surface area contributed by atoms with Gasteiger partial charge >= 0.3 is 0 Å². The first-order valence-corrected chi connectivity index (χ1v) is 8.29. The van der Waals surface area contributed by atoms with Gasteiger partial charge in [0.25, 0.3) is 0 Å². The molecule has 120 valence electrons. The molecule has 3 rings (SSSR count). The molecule has 3 nitrogen and oxygen atoms in total. The van der Waals surface area contributed by atoms with Gasteiger partial charge in [-0.05, 0) is 30.2 Å². The van der Waals surface area contributed by atoms with Crippen molar-refractivity contribution >= 4 is 22.5 Å². The maximum absolute atomic E-state index is 14.1. The van der Waals surface area contributed by atoms with Crippen LogP contribution in [-0.2, 0) is 0 Å². The lowest BCUT2D eigenvalue weighted by Gasteiger charge is -2.41. The van der Waals surface area contributed by atoms with Gasteiger partial charge in [0.05, 0.1) is 28.2 Å². The first kappa shape index (κ1) is 15.8. The van der Waals surface area contributed by atoms with Gasteiger partial charge in [-0.15, -0.1) is 0 Å². The Hall–Kier alpha value is -1.13. The normalized spacial score (nSPS) is 18.8. The second kappa shape index (κ2) is 5.82. The number of rotatable bonds is 3. The van der Waals surface area contributed by atoms with Crippen LogP contribution in [0, 0.1) is 17.2 Å². The summed E-state index contributed by atoms with van der Waals surface area (Å²) in [6, 6.07) is 1.53. The van der Waals surface area contributed by atoms with Crippen LogP contribution in [0.3, 0.4) is 0 Å². The Labute approximate surface area is 134 Å². The molecule has 0 aliphatic heterocycles. The molecule has 1 unspecified atom stereocenters. The molecule has 0 spiro atoms. The molecule has 0 saturated heterocycles. The Morgan fingerprint density at radius 2 is 2.05 bits per heavy atom. The van der Waals surface area contributed by atoms with Crippen molar-refractivity contribution in [2.75, 3.05) is 0 Å². The zero-order valence-corrected chi connectivity index (χ0v) is 13.8. The molecule has 5 heteroatoms. The van der Waals surface area contributed by atoms with Crippen LogP contribution in [0.5, 0.6) is 0 Å². The maximum Gasteiger partial charge on any atom is 0.152 e. The highest BCUT2D eigenvalue weighted by molar-refractivity contribution is 6.31. The van der Waals surface area contributed by atoms with E-state index in [1.807, 2.05) is 0 Å². The Morgan fingerprint density at radius 3 is 2.73 bits per heavy atom. The molecule has 1 atom stereocenters. The molecule has 1 aromatic heterocycles. The molecule has 0 radical (unpaired) electrons. The van der Waals surface area contributed by atoms with Crippen molar-refractivity contribution in [1.29, 1.82) is 0 Å². The molecule has 2 aromatic rings. The third-order valence-corrected chi connectivity index (χ3v) is 5.59. The predicted molar refractivity (Wildman–Crippen MR) is 86.4 cm³/mol. The van der Waals surface area contributed by atoms with Crippen molar-refractivity contribution in [2.45, 2.75) is 52.1 Å². The summed E-state index contributed by atoms with van der Waals surface area (Å²) in [6.07, 6.45) is 6.66. The highest BCUT2D eigenvalue weighted by atomic mass is 35.5. The van der Waals surface area contributed by atoms with Gasteiger partial charge in [0.1, 0.15) is 0 Å². The molecule has 0 amide bonds. The second-order valence-corrected chi connectivity index (χ2v) is 7.39. The molecule has 1 aromatic carbocycles. The molecule has 1 aliphatic rings. The van der Waals surface area contributed by atoms with Crippen molar-refractivity contribution in [3.8, 4) is 0 Å². The van der Waals surface area contributed by atoms with Crippen LogP contribution in [0.25, 0.3) is 10.9 Å². The van der Waals surface area contributed by atoms with Crippen LogP contribution >= 0.6 is 11.6 Å². The van der Waals surface area contributed by atoms with E-state index in [-0.39, 0.29) is 10.4 Å². The third-order valence-electron chi connectivity index (χ3n) is 5.31. The predicted octanol–water partition coefficient (Wildman–Crippen LogP) is 5.00. The zero-order valence-electron chi connectivity index (χ0n) is 13.0. The van der Waals surface area contributed by atoms with E-state index in [4.69, 9.17) is 11.6 Å². The van der Waals surface area contributed by atoms with E-state index in [1.54, 1.807) is 0 Å². The van der Waals surface area contributed by atoms with Crippen LogP contribution < -0.4 is 0 Å². The topological polar surface area (TPSA) is 48.9 Å². The molecule has 1 aliphatic carbocycles. The Balaban J connectivity index is 2.02. The van der Waals surface area contributed by atoms with Gasteiger partial charge in [-0.3, -0.25) is 5.10 Å². The number of fused-ring (bicyclic) bond motifs is 1. The minimum Gasteiger partial charge on any atom is -0.388 e. The van der Waals surface area contributed by atoms with Crippen LogP contribution in [0.4, 0.5) is 4.39 Å². The monoisotopic (exact) mass is 324 g/mol. The van der Waals surface area contributed by atoms with Crippen LogP contribution in [0.15, 0.2) is 12.3 Å². The van der Waals surface area contributed by atoms with Crippen molar-refractivity contribution in [3.05, 3.63) is 28.7 Å². The summed E-state index contributed by atoms with van der Waals surface area (Å²) < 4.78 is 14.1. The van der Waals surface area contributed by atoms with Gasteiger partial charge in [-0.2, -0.15) is 5.10 Å². The lowest BCUT2D eigenvalue weighted by Crippen LogP contribution is -2.32. The maximum atomic E-state index is 14.1. The summed E-state index contributed by atoms with van der Waals surface area (Å²) in [7, 11) is 0. The number of halogens is 2. The van der Waals surface area contributed by atoms with E-state index >= 15 is 0 Å². The number of aromatic amines is 1. The Kier molecular flexibility index (Phi) is 4.17. The second-order valence-electron chi connectivity index (χ2n) is 6.98. The van der Waals surface area contributed by atoms with Gasteiger partial charge in [0, 0.05) is 5.56 Å². The first-order chi connectivity index (χ1) is 10.4. The lowest BCUT2D eigenvalue weighted by atomic mass is 9.66. The van der Waals surface area contributed by atoms with Crippen molar-refractivity contribution in [2.24, 2.45) is 11.3 Å². The minimum absolute atomic E-state index is 0.0300. The van der Waals surface area contributed by atoms with Gasteiger partial charge in [-0.25, -0.2) is 4.39 Å². The van der Waals surface area contributed by atoms with E-state index in [0.29, 0.717) is 22.4 Å². The molecule has 1 fully saturated rings. The molecule has 22 heavy (non-hydrogen) atoms. The van der Waals surface area contributed by atoms with E-state index in [9.17, 15) is 9.50 Å². The molecular formula is C17H22ClFN2O. The molecule has 0 bridgehead atoms. The number of aromatic nitrogens is 2. The number of aliphatic hydroxyl groups is 1. The summed E-state index contributed by atoms with van der Waals surface area (Å²) in [6.45, 7) is 4.18. The summed E-state index contributed by atoms with van der Waals surface area (Å²) in [5.74, 6) is -0.0325. The highest BCUT2D eigenvalue weighted by Crippen LogP contribution is 2.47. The minimum atomic E-state index is -0.711. The van der Waals surface area contributed by atoms with Crippen molar-refractivity contribution in [1.82, 2.24) is 10.2 Å². The summed E-state index contributed by atoms with van der Waals surface area (Å²) in [5.41, 5.74) is 0.882. The fraction of sp³-hybridized carbons (Fsp3) is 0.588. The summed E-state index contributed by atoms with van der Waals surface area (Å²) in [4.78, 5) is 0. The lowest BCUT2D eigenvalue weighted by molar-refractivity contribution is -0.00783. The van der Waals surface area contributed by atoms with E-state index < -0.39 is 11.9 Å². The SMILES string of the molecule is CC(C)(C1CCCCC1)C(O)c1cc(Cl)c(F)c2cn[nH]c12. The third kappa shape index (κ3) is 2.52. The quantitative estimate of drug-likeness (QED) is 0.835. The number of benzene rings is 1. The zero-order chi connectivity index (χ0) is 15.9. The Bertz CT molecular complexity index is 677. The number of H-pyrrole nitrogens is 1. The molecule has 2 N–H and O–H groups in total. The highest BCUT2D eigenvalue weighted by Gasteiger charge is 2.39. The summed E-state index contributed by atoms with van der Waals surface area (Å²) in [5, 5.41) is 18.1.